The Labute approximate surface area is 232 Å². The van der Waals surface area contributed by atoms with Gasteiger partial charge in [-0.1, -0.05) is 12.1 Å². The minimum atomic E-state index is -4.62. The summed E-state index contributed by atoms with van der Waals surface area (Å²) in [4.78, 5) is 3.22. The van der Waals surface area contributed by atoms with E-state index in [0.717, 1.165) is 6.07 Å². The molecule has 162 valence electrons. The Morgan fingerprint density at radius 3 is 2.12 bits per heavy atom. The summed E-state index contributed by atoms with van der Waals surface area (Å²) in [6, 6.07) is 12.5. The molecule has 0 bridgehead atoms. The molecule has 1 heterocycles. The van der Waals surface area contributed by atoms with Gasteiger partial charge in [-0.15, -0.1) is 5.11 Å². The fourth-order valence-electron chi connectivity index (χ4n) is 3.02. The second kappa shape index (κ2) is 10.4. The molecule has 0 fully saturated rings. The number of fused-ring (bicyclic) bond motifs is 2. The first-order chi connectivity index (χ1) is 14.5. The van der Waals surface area contributed by atoms with Crippen molar-refractivity contribution < 1.29 is 31.0 Å². The molecule has 0 unspecified atom stereocenters. The van der Waals surface area contributed by atoms with Gasteiger partial charge in [0.25, 0.3) is 20.2 Å². The molecular weight excluding hydrogens is 492 g/mol. The van der Waals surface area contributed by atoms with Gasteiger partial charge in [0.2, 0.25) is 0 Å². The van der Waals surface area contributed by atoms with Crippen molar-refractivity contribution in [1.29, 1.82) is 0 Å². The zero-order valence-electron chi connectivity index (χ0n) is 15.4. The average Bonchev–Trinajstić information content (AvgIpc) is 2.71. The summed E-state index contributed by atoms with van der Waals surface area (Å²) in [6.07, 6.45) is 1.35. The zero-order valence-corrected chi connectivity index (χ0v) is 17.0. The van der Waals surface area contributed by atoms with Crippen LogP contribution in [0.25, 0.3) is 21.7 Å². The Bertz CT molecular complexity index is 1610. The second-order valence-corrected chi connectivity index (χ2v) is 9.30. The first kappa shape index (κ1) is 27.8. The number of aromatic hydroxyl groups is 1. The van der Waals surface area contributed by atoms with Gasteiger partial charge in [0.05, 0.1) is 10.6 Å². The number of azo groups is 1. The van der Waals surface area contributed by atoms with Gasteiger partial charge < -0.3 is 5.11 Å². The summed E-state index contributed by atoms with van der Waals surface area (Å²) in [6.45, 7) is 0. The van der Waals surface area contributed by atoms with Crippen molar-refractivity contribution in [2.45, 2.75) is 9.79 Å². The van der Waals surface area contributed by atoms with E-state index < -0.39 is 30.9 Å². The number of phenolic OH excluding ortho intramolecular Hbond substituents is 1. The van der Waals surface area contributed by atoms with E-state index in [1.54, 1.807) is 12.1 Å². The third-order valence-corrected chi connectivity index (χ3v) is 6.20. The van der Waals surface area contributed by atoms with Crippen LogP contribution in [0, 0.1) is 0 Å². The Morgan fingerprint density at radius 2 is 1.45 bits per heavy atom. The van der Waals surface area contributed by atoms with E-state index in [0.29, 0.717) is 16.5 Å². The molecule has 0 spiro atoms. The van der Waals surface area contributed by atoms with Crippen LogP contribution in [0.2, 0.25) is 0 Å². The van der Waals surface area contributed by atoms with Crippen LogP contribution in [0.15, 0.2) is 80.8 Å². The number of benzene rings is 3. The van der Waals surface area contributed by atoms with Gasteiger partial charge in [-0.25, -0.2) is 0 Å². The summed E-state index contributed by atoms with van der Waals surface area (Å²) in [7, 11) is -8.95. The molecular formula is C19H15N3Na2O7S2. The van der Waals surface area contributed by atoms with Gasteiger partial charge in [-0.3, -0.25) is 14.1 Å². The molecule has 0 radical (unpaired) electrons. The Balaban J connectivity index is 0.00000193. The van der Waals surface area contributed by atoms with Crippen LogP contribution in [-0.4, -0.2) is 95.1 Å². The van der Waals surface area contributed by atoms with E-state index in [9.17, 15) is 26.5 Å². The third kappa shape index (κ3) is 5.98. The van der Waals surface area contributed by atoms with Gasteiger partial charge in [0.1, 0.15) is 16.1 Å². The van der Waals surface area contributed by atoms with Crippen LogP contribution < -0.4 is 0 Å². The monoisotopic (exact) mass is 507 g/mol. The number of aromatic nitrogens is 1. The van der Waals surface area contributed by atoms with Crippen LogP contribution in [-0.2, 0) is 20.2 Å². The van der Waals surface area contributed by atoms with Gasteiger partial charge in [-0.05, 0) is 53.2 Å². The molecule has 0 saturated carbocycles. The van der Waals surface area contributed by atoms with Crippen molar-refractivity contribution in [3.63, 3.8) is 0 Å². The van der Waals surface area contributed by atoms with E-state index in [4.69, 9.17) is 4.55 Å². The van der Waals surface area contributed by atoms with Crippen LogP contribution in [0.3, 0.4) is 0 Å². The summed E-state index contributed by atoms with van der Waals surface area (Å²) in [5.41, 5.74) is 0.0319. The Kier molecular flexibility index (Phi) is 8.79. The molecule has 14 heteroatoms. The Morgan fingerprint density at radius 1 is 0.788 bits per heavy atom. The molecule has 0 saturated heterocycles. The summed E-state index contributed by atoms with van der Waals surface area (Å²) < 4.78 is 64.7. The third-order valence-electron chi connectivity index (χ3n) is 4.45. The first-order valence-electron chi connectivity index (χ1n) is 8.55. The minimum absolute atomic E-state index is 0. The van der Waals surface area contributed by atoms with E-state index in [-0.39, 0.29) is 80.6 Å². The predicted octanol–water partition coefficient (Wildman–Crippen LogP) is 2.71. The van der Waals surface area contributed by atoms with Gasteiger partial charge in [0, 0.05) is 11.6 Å². The fraction of sp³-hybridized carbons (Fsp3) is 0. The van der Waals surface area contributed by atoms with Crippen LogP contribution in [0.1, 0.15) is 0 Å². The summed E-state index contributed by atoms with van der Waals surface area (Å²) >= 11 is 0. The number of pyridine rings is 1. The molecule has 3 aromatic carbocycles. The number of hydrogen-bond donors (Lipinski definition) is 3. The molecule has 0 amide bonds. The van der Waals surface area contributed by atoms with Crippen LogP contribution in [0.4, 0.5) is 11.4 Å². The second-order valence-electron chi connectivity index (χ2n) is 6.49. The topological polar surface area (TPSA) is 167 Å². The summed E-state index contributed by atoms with van der Waals surface area (Å²) in [5.74, 6) is -0.412. The van der Waals surface area contributed by atoms with Crippen molar-refractivity contribution in [3.05, 3.63) is 60.8 Å². The van der Waals surface area contributed by atoms with E-state index in [1.807, 2.05) is 0 Å². The van der Waals surface area contributed by atoms with Crippen molar-refractivity contribution in [1.82, 2.24) is 4.98 Å². The Hall–Kier alpha value is -1.45. The van der Waals surface area contributed by atoms with Gasteiger partial charge in [0.15, 0.2) is 5.75 Å². The molecule has 4 rings (SSSR count). The fourth-order valence-corrected chi connectivity index (χ4v) is 4.24. The number of nitrogens with zero attached hydrogens (tertiary/aromatic N) is 3. The quantitative estimate of drug-likeness (QED) is 0.215. The molecule has 1 aromatic heterocycles. The van der Waals surface area contributed by atoms with E-state index in [1.165, 1.54) is 42.6 Å². The molecule has 0 aliphatic carbocycles. The maximum atomic E-state index is 11.7. The summed E-state index contributed by atoms with van der Waals surface area (Å²) in [5, 5.41) is 19.5. The number of phenols is 1. The molecule has 0 aliphatic heterocycles. The maximum absolute atomic E-state index is 11.7. The molecule has 4 aromatic rings. The van der Waals surface area contributed by atoms with Crippen molar-refractivity contribution in [2.75, 3.05) is 0 Å². The van der Waals surface area contributed by atoms with Crippen LogP contribution in [0.5, 0.6) is 5.75 Å². The molecule has 10 nitrogen and oxygen atoms in total. The van der Waals surface area contributed by atoms with Crippen molar-refractivity contribution >= 4 is 112 Å². The molecule has 0 atom stereocenters. The van der Waals surface area contributed by atoms with Crippen molar-refractivity contribution in [2.24, 2.45) is 10.2 Å². The molecule has 0 aliphatic rings. The van der Waals surface area contributed by atoms with Crippen molar-refractivity contribution in [3.8, 4) is 5.75 Å². The van der Waals surface area contributed by atoms with E-state index >= 15 is 0 Å². The SMILES string of the molecule is O=S(=O)(O)c1ccc2cc(/N=N/c3cc(S(=O)(=O)O)c4cccnc4c3O)ccc2c1.[NaH].[NaH]. The number of hydrogen-bond acceptors (Lipinski definition) is 8. The predicted molar refractivity (Wildman–Crippen MR) is 125 cm³/mol. The van der Waals surface area contributed by atoms with Gasteiger partial charge in [-0.2, -0.15) is 21.9 Å². The zero-order chi connectivity index (χ0) is 22.4. The van der Waals surface area contributed by atoms with E-state index in [2.05, 4.69) is 15.2 Å². The first-order valence-corrected chi connectivity index (χ1v) is 11.4. The molecule has 33 heavy (non-hydrogen) atoms. The van der Waals surface area contributed by atoms with Gasteiger partial charge >= 0.3 is 59.1 Å². The van der Waals surface area contributed by atoms with Crippen LogP contribution >= 0.6 is 0 Å². The standard InChI is InChI=1S/C19H13N3O7S2.2Na.2H/c23-19-16(10-17(31(27,28)29)15-2-1-7-20-18(15)19)22-21-13-5-3-12-9-14(30(24,25)26)6-4-11(12)8-13;;;;/h1-10,23H,(H,24,25,26)(H,27,28,29);;;;/b22-21+;;;;. The number of rotatable bonds is 4. The average molecular weight is 507 g/mol. The molecule has 3 N–H and O–H groups in total. The normalized spacial score (nSPS) is 11.9.